The Bertz CT molecular complexity index is 1640. The maximum Gasteiger partial charge on any atom is 0.281 e. The minimum absolute atomic E-state index is 0.0249. The van der Waals surface area contributed by atoms with Gasteiger partial charge in [-0.2, -0.15) is 0 Å². The van der Waals surface area contributed by atoms with E-state index in [9.17, 15) is 9.59 Å². The first-order chi connectivity index (χ1) is 17.6. The second-order valence-electron chi connectivity index (χ2n) is 8.17. The fourth-order valence-corrected chi connectivity index (χ4v) is 4.35. The molecule has 1 N–H and O–H groups in total. The van der Waals surface area contributed by atoms with Crippen LogP contribution in [0.4, 0.5) is 0 Å². The summed E-state index contributed by atoms with van der Waals surface area (Å²) in [5.41, 5.74) is 2.47. The molecule has 182 valence electrons. The molecule has 0 spiro atoms. The molecule has 0 aliphatic heterocycles. The molecule has 36 heavy (non-hydrogen) atoms. The summed E-state index contributed by atoms with van der Waals surface area (Å²) < 4.78 is 14.4. The third kappa shape index (κ3) is 4.56. The molecule has 0 aliphatic rings. The molecule has 9 heteroatoms. The van der Waals surface area contributed by atoms with Crippen molar-refractivity contribution in [1.82, 2.24) is 19.3 Å². The number of rotatable bonds is 8. The minimum atomic E-state index is -0.314. The predicted octanol–water partition coefficient (Wildman–Crippen LogP) is 4.30. The number of hydrogen-bond donors (Lipinski definition) is 1. The lowest BCUT2D eigenvalue weighted by Crippen LogP contribution is -2.26. The molecule has 0 bridgehead atoms. The molecular formula is C27H23ClN4O4. The van der Waals surface area contributed by atoms with E-state index in [1.165, 1.54) is 17.9 Å². The Morgan fingerprint density at radius 1 is 1.00 bits per heavy atom. The first kappa shape index (κ1) is 23.6. The average Bonchev–Trinajstić information content (AvgIpc) is 3.22. The molecule has 3 aromatic heterocycles. The van der Waals surface area contributed by atoms with Crippen LogP contribution in [0.5, 0.6) is 5.75 Å². The van der Waals surface area contributed by atoms with Gasteiger partial charge in [0.25, 0.3) is 11.1 Å². The van der Waals surface area contributed by atoms with Gasteiger partial charge in [0.1, 0.15) is 11.4 Å². The van der Waals surface area contributed by atoms with Crippen molar-refractivity contribution >= 4 is 22.5 Å². The van der Waals surface area contributed by atoms with Crippen molar-refractivity contribution in [3.8, 4) is 11.4 Å². The number of pyridine rings is 2. The quantitative estimate of drug-likeness (QED) is 0.341. The monoisotopic (exact) mass is 502 g/mol. The summed E-state index contributed by atoms with van der Waals surface area (Å²) in [4.78, 5) is 31.1. The van der Waals surface area contributed by atoms with Crippen LogP contribution in [0.1, 0.15) is 16.8 Å². The van der Waals surface area contributed by atoms with E-state index >= 15 is 0 Å². The smallest absolute Gasteiger partial charge is 0.281 e. The van der Waals surface area contributed by atoms with Crippen LogP contribution in [0.25, 0.3) is 16.6 Å². The lowest BCUT2D eigenvalue weighted by atomic mass is 10.2. The van der Waals surface area contributed by atoms with Crippen LogP contribution >= 0.6 is 11.6 Å². The van der Waals surface area contributed by atoms with Crippen LogP contribution < -0.4 is 15.9 Å². The van der Waals surface area contributed by atoms with Gasteiger partial charge in [0.15, 0.2) is 0 Å². The van der Waals surface area contributed by atoms with E-state index in [4.69, 9.17) is 21.1 Å². The SMILES string of the molecule is COc1ccccc1-n1[nH]c2cc(=O)n(Cc3cccnc3)c(COCc3ccccc3Cl)c2c1=O. The van der Waals surface area contributed by atoms with Gasteiger partial charge in [-0.25, -0.2) is 4.68 Å². The van der Waals surface area contributed by atoms with E-state index in [0.717, 1.165) is 11.1 Å². The summed E-state index contributed by atoms with van der Waals surface area (Å²) in [6.45, 7) is 0.492. The van der Waals surface area contributed by atoms with E-state index in [0.29, 0.717) is 33.1 Å². The van der Waals surface area contributed by atoms with Crippen LogP contribution in [-0.2, 0) is 24.5 Å². The summed E-state index contributed by atoms with van der Waals surface area (Å²) in [7, 11) is 1.54. The standard InChI is InChI=1S/C27H23ClN4O4/c1-35-24-11-5-4-10-22(24)32-27(34)26-21(30-32)13-25(33)31(15-18-7-6-12-29-14-18)23(26)17-36-16-19-8-2-3-9-20(19)28/h2-14,30H,15-17H2,1H3. The molecule has 5 rings (SSSR count). The number of aromatic nitrogens is 4. The Morgan fingerprint density at radius 2 is 1.81 bits per heavy atom. The topological polar surface area (TPSA) is 91.1 Å². The number of para-hydroxylation sites is 2. The third-order valence-electron chi connectivity index (χ3n) is 5.91. The van der Waals surface area contributed by atoms with Gasteiger partial charge in [0.05, 0.1) is 43.5 Å². The maximum atomic E-state index is 13.7. The van der Waals surface area contributed by atoms with Gasteiger partial charge in [0.2, 0.25) is 0 Å². The molecule has 0 radical (unpaired) electrons. The highest BCUT2D eigenvalue weighted by Gasteiger charge is 2.20. The molecule has 0 amide bonds. The molecule has 0 atom stereocenters. The molecule has 8 nitrogen and oxygen atoms in total. The fourth-order valence-electron chi connectivity index (χ4n) is 4.16. The summed E-state index contributed by atoms with van der Waals surface area (Å²) >= 11 is 6.28. The molecule has 2 aromatic carbocycles. The third-order valence-corrected chi connectivity index (χ3v) is 6.28. The van der Waals surface area contributed by atoms with E-state index in [-0.39, 0.29) is 30.9 Å². The number of nitrogens with zero attached hydrogens (tertiary/aromatic N) is 3. The second kappa shape index (κ2) is 10.2. The van der Waals surface area contributed by atoms with Crippen LogP contribution in [0, 0.1) is 0 Å². The number of nitrogens with one attached hydrogen (secondary N) is 1. The van der Waals surface area contributed by atoms with Crippen molar-refractivity contribution in [2.45, 2.75) is 19.8 Å². The largest absolute Gasteiger partial charge is 0.494 e. The zero-order valence-corrected chi connectivity index (χ0v) is 20.2. The van der Waals surface area contributed by atoms with Crippen molar-refractivity contribution in [3.63, 3.8) is 0 Å². The normalized spacial score (nSPS) is 11.2. The Labute approximate surface area is 211 Å². The van der Waals surface area contributed by atoms with Gasteiger partial charge in [-0.05, 0) is 35.4 Å². The van der Waals surface area contributed by atoms with Gasteiger partial charge in [0, 0.05) is 23.5 Å². The Balaban J connectivity index is 1.63. The number of ether oxygens (including phenoxy) is 2. The maximum absolute atomic E-state index is 13.7. The van der Waals surface area contributed by atoms with Gasteiger partial charge < -0.3 is 14.0 Å². The second-order valence-corrected chi connectivity index (χ2v) is 8.58. The summed E-state index contributed by atoms with van der Waals surface area (Å²) in [6, 6.07) is 19.7. The van der Waals surface area contributed by atoms with Crippen LogP contribution in [0.3, 0.4) is 0 Å². The Kier molecular flexibility index (Phi) is 6.71. The van der Waals surface area contributed by atoms with E-state index in [1.54, 1.807) is 41.2 Å². The number of methoxy groups -OCH3 is 1. The van der Waals surface area contributed by atoms with Crippen molar-refractivity contribution in [2.24, 2.45) is 0 Å². The number of aromatic amines is 1. The van der Waals surface area contributed by atoms with Crippen molar-refractivity contribution in [2.75, 3.05) is 7.11 Å². The van der Waals surface area contributed by atoms with Gasteiger partial charge in [-0.3, -0.25) is 19.7 Å². The molecule has 5 aromatic rings. The van der Waals surface area contributed by atoms with Crippen molar-refractivity contribution < 1.29 is 9.47 Å². The fraction of sp³-hybridized carbons (Fsp3) is 0.148. The van der Waals surface area contributed by atoms with Crippen molar-refractivity contribution in [3.05, 3.63) is 122 Å². The lowest BCUT2D eigenvalue weighted by Gasteiger charge is -2.14. The van der Waals surface area contributed by atoms with Gasteiger partial charge in [-0.1, -0.05) is 48.0 Å². The molecule has 0 aliphatic carbocycles. The first-order valence-corrected chi connectivity index (χ1v) is 11.7. The molecule has 3 heterocycles. The number of benzene rings is 2. The number of H-pyrrole nitrogens is 1. The highest BCUT2D eigenvalue weighted by molar-refractivity contribution is 6.31. The van der Waals surface area contributed by atoms with E-state index < -0.39 is 0 Å². The molecular weight excluding hydrogens is 480 g/mol. The van der Waals surface area contributed by atoms with E-state index in [2.05, 4.69) is 10.1 Å². The highest BCUT2D eigenvalue weighted by atomic mass is 35.5. The predicted molar refractivity (Wildman–Crippen MR) is 138 cm³/mol. The van der Waals surface area contributed by atoms with Crippen LogP contribution in [-0.4, -0.2) is 26.4 Å². The lowest BCUT2D eigenvalue weighted by molar-refractivity contribution is 0.103. The Hall–Kier alpha value is -4.14. The zero-order valence-electron chi connectivity index (χ0n) is 19.5. The Morgan fingerprint density at radius 3 is 2.58 bits per heavy atom. The van der Waals surface area contributed by atoms with Crippen molar-refractivity contribution in [1.29, 1.82) is 0 Å². The molecule has 0 fully saturated rings. The number of hydrogen-bond acceptors (Lipinski definition) is 5. The molecule has 0 saturated heterocycles. The molecule has 0 unspecified atom stereocenters. The van der Waals surface area contributed by atoms with Crippen LogP contribution in [0.15, 0.2) is 88.7 Å². The number of halogens is 1. The zero-order chi connectivity index (χ0) is 25.1. The van der Waals surface area contributed by atoms with Gasteiger partial charge in [-0.15, -0.1) is 0 Å². The molecule has 0 saturated carbocycles. The summed E-state index contributed by atoms with van der Waals surface area (Å²) in [5.74, 6) is 0.522. The average molecular weight is 503 g/mol. The number of fused-ring (bicyclic) bond motifs is 1. The summed E-state index contributed by atoms with van der Waals surface area (Å²) in [6.07, 6.45) is 3.36. The minimum Gasteiger partial charge on any atom is -0.494 e. The first-order valence-electron chi connectivity index (χ1n) is 11.3. The van der Waals surface area contributed by atoms with Gasteiger partial charge >= 0.3 is 0 Å². The van der Waals surface area contributed by atoms with E-state index in [1.807, 2.05) is 36.4 Å². The highest BCUT2D eigenvalue weighted by Crippen LogP contribution is 2.23. The van der Waals surface area contributed by atoms with Crippen LogP contribution in [0.2, 0.25) is 5.02 Å². The summed E-state index contributed by atoms with van der Waals surface area (Å²) in [5, 5.41) is 4.02.